The second kappa shape index (κ2) is 8.31. The van der Waals surface area contributed by atoms with Gasteiger partial charge in [0.25, 0.3) is 0 Å². The van der Waals surface area contributed by atoms with Crippen LogP contribution >= 0.6 is 35.0 Å². The maximum atomic E-state index is 6.06. The summed E-state index contributed by atoms with van der Waals surface area (Å²) in [6.45, 7) is 5.46. The minimum absolute atomic E-state index is 0.355. The van der Waals surface area contributed by atoms with Crippen LogP contribution < -0.4 is 5.32 Å². The van der Waals surface area contributed by atoms with E-state index in [2.05, 4.69) is 25.4 Å². The molecule has 0 aliphatic rings. The van der Waals surface area contributed by atoms with Crippen LogP contribution in [0, 0.1) is 0 Å². The largest absolute Gasteiger partial charge is 0.310 e. The molecule has 2 unspecified atom stereocenters. The van der Waals surface area contributed by atoms with Gasteiger partial charge < -0.3 is 5.32 Å². The molecule has 0 aliphatic carbocycles. The molecular weight excluding hydrogens is 285 g/mol. The maximum Gasteiger partial charge on any atom is 0.0595 e. The number of hydrogen-bond acceptors (Lipinski definition) is 2. The van der Waals surface area contributed by atoms with Gasteiger partial charge in [0.2, 0.25) is 0 Å². The molecule has 1 aromatic rings. The number of thioether (sulfide) groups is 1. The van der Waals surface area contributed by atoms with Gasteiger partial charge in [-0.05, 0) is 43.3 Å². The van der Waals surface area contributed by atoms with Crippen molar-refractivity contribution < 1.29 is 0 Å². The molecule has 0 fully saturated rings. The van der Waals surface area contributed by atoms with Crippen LogP contribution in [0.25, 0.3) is 0 Å². The van der Waals surface area contributed by atoms with E-state index in [0.29, 0.717) is 21.3 Å². The van der Waals surface area contributed by atoms with Crippen LogP contribution in [0.2, 0.25) is 10.0 Å². The van der Waals surface area contributed by atoms with Gasteiger partial charge in [0.05, 0.1) is 10.0 Å². The minimum Gasteiger partial charge on any atom is -0.310 e. The SMILES string of the molecule is CCC(NCCC(C)SC)c1ccc(Cl)c(Cl)c1. The molecule has 0 saturated carbocycles. The maximum absolute atomic E-state index is 6.06. The molecule has 0 aromatic heterocycles. The van der Waals surface area contributed by atoms with Gasteiger partial charge in [-0.3, -0.25) is 0 Å². The van der Waals surface area contributed by atoms with Gasteiger partial charge in [-0.15, -0.1) is 0 Å². The highest BCUT2D eigenvalue weighted by atomic mass is 35.5. The zero-order valence-corrected chi connectivity index (χ0v) is 13.5. The Hall–Kier alpha value is 0.110. The Kier molecular flexibility index (Phi) is 7.47. The van der Waals surface area contributed by atoms with Gasteiger partial charge in [0.15, 0.2) is 0 Å². The third kappa shape index (κ3) is 5.00. The highest BCUT2D eigenvalue weighted by Crippen LogP contribution is 2.26. The fourth-order valence-corrected chi connectivity index (χ4v) is 2.47. The van der Waals surface area contributed by atoms with E-state index in [1.165, 1.54) is 12.0 Å². The van der Waals surface area contributed by atoms with E-state index in [0.717, 1.165) is 13.0 Å². The number of hydrogen-bond donors (Lipinski definition) is 1. The van der Waals surface area contributed by atoms with Crippen molar-refractivity contribution in [2.75, 3.05) is 12.8 Å². The Morgan fingerprint density at radius 2 is 2.00 bits per heavy atom. The molecule has 0 bridgehead atoms. The summed E-state index contributed by atoms with van der Waals surface area (Å²) < 4.78 is 0. The first-order chi connectivity index (χ1) is 8.58. The fourth-order valence-electron chi connectivity index (χ4n) is 1.81. The highest BCUT2D eigenvalue weighted by molar-refractivity contribution is 7.99. The Labute approximate surface area is 125 Å². The van der Waals surface area contributed by atoms with Crippen molar-refractivity contribution in [3.8, 4) is 0 Å². The summed E-state index contributed by atoms with van der Waals surface area (Å²) in [5.41, 5.74) is 1.21. The third-order valence-corrected chi connectivity index (χ3v) is 4.88. The number of benzene rings is 1. The second-order valence-corrected chi connectivity index (χ2v) is 6.51. The molecule has 0 amide bonds. The summed E-state index contributed by atoms with van der Waals surface area (Å²) >= 11 is 13.9. The van der Waals surface area contributed by atoms with Gasteiger partial charge in [0, 0.05) is 11.3 Å². The van der Waals surface area contributed by atoms with Crippen molar-refractivity contribution in [2.45, 2.75) is 38.0 Å². The van der Waals surface area contributed by atoms with E-state index in [1.54, 1.807) is 0 Å². The lowest BCUT2D eigenvalue weighted by Gasteiger charge is -2.19. The fraction of sp³-hybridized carbons (Fsp3) is 0.571. The van der Waals surface area contributed by atoms with Crippen molar-refractivity contribution in [2.24, 2.45) is 0 Å². The smallest absolute Gasteiger partial charge is 0.0595 e. The summed E-state index contributed by atoms with van der Waals surface area (Å²) in [6, 6.07) is 6.23. The lowest BCUT2D eigenvalue weighted by molar-refractivity contribution is 0.510. The molecule has 0 aliphatic heterocycles. The molecule has 2 atom stereocenters. The summed E-state index contributed by atoms with van der Waals surface area (Å²) in [5.74, 6) is 0. The van der Waals surface area contributed by atoms with Crippen molar-refractivity contribution in [1.29, 1.82) is 0 Å². The van der Waals surface area contributed by atoms with Crippen molar-refractivity contribution in [1.82, 2.24) is 5.32 Å². The normalized spacial score (nSPS) is 14.5. The average Bonchev–Trinajstić information content (AvgIpc) is 2.38. The predicted octanol–water partition coefficient (Wildman–Crippen LogP) is 5.18. The minimum atomic E-state index is 0.355. The van der Waals surface area contributed by atoms with Gasteiger partial charge in [0.1, 0.15) is 0 Å². The van der Waals surface area contributed by atoms with Crippen LogP contribution in [0.4, 0.5) is 0 Å². The molecule has 4 heteroatoms. The lowest BCUT2D eigenvalue weighted by atomic mass is 10.0. The van der Waals surface area contributed by atoms with Crippen LogP contribution in [-0.4, -0.2) is 18.1 Å². The third-order valence-electron chi connectivity index (χ3n) is 3.10. The van der Waals surface area contributed by atoms with E-state index in [-0.39, 0.29) is 0 Å². The van der Waals surface area contributed by atoms with Crippen molar-refractivity contribution in [3.05, 3.63) is 33.8 Å². The van der Waals surface area contributed by atoms with Crippen LogP contribution in [-0.2, 0) is 0 Å². The summed E-state index contributed by atoms with van der Waals surface area (Å²) in [4.78, 5) is 0. The van der Waals surface area contributed by atoms with Crippen LogP contribution in [0.5, 0.6) is 0 Å². The van der Waals surface area contributed by atoms with Crippen molar-refractivity contribution >= 4 is 35.0 Å². The lowest BCUT2D eigenvalue weighted by Crippen LogP contribution is -2.23. The van der Waals surface area contributed by atoms with E-state index < -0.39 is 0 Å². The van der Waals surface area contributed by atoms with E-state index in [4.69, 9.17) is 23.2 Å². The standard InChI is InChI=1S/C14H21Cl2NS/c1-4-14(17-8-7-10(2)18-3)11-5-6-12(15)13(16)9-11/h5-6,9-10,14,17H,4,7-8H2,1-3H3. The van der Waals surface area contributed by atoms with Crippen LogP contribution in [0.1, 0.15) is 38.3 Å². The Balaban J connectivity index is 2.57. The molecule has 1 nitrogen and oxygen atoms in total. The quantitative estimate of drug-likeness (QED) is 0.745. The molecular formula is C14H21Cl2NS. The first-order valence-corrected chi connectivity index (χ1v) is 8.34. The molecule has 18 heavy (non-hydrogen) atoms. The topological polar surface area (TPSA) is 12.0 Å². The van der Waals surface area contributed by atoms with Gasteiger partial charge >= 0.3 is 0 Å². The molecule has 0 spiro atoms. The summed E-state index contributed by atoms with van der Waals surface area (Å²) in [6.07, 6.45) is 4.38. The zero-order chi connectivity index (χ0) is 13.5. The van der Waals surface area contributed by atoms with Gasteiger partial charge in [-0.25, -0.2) is 0 Å². The monoisotopic (exact) mass is 305 g/mol. The van der Waals surface area contributed by atoms with E-state index in [1.807, 2.05) is 30.0 Å². The molecule has 1 aromatic carbocycles. The van der Waals surface area contributed by atoms with E-state index >= 15 is 0 Å². The Morgan fingerprint density at radius 1 is 1.28 bits per heavy atom. The first kappa shape index (κ1) is 16.2. The molecule has 0 saturated heterocycles. The van der Waals surface area contributed by atoms with Gasteiger partial charge in [-0.2, -0.15) is 11.8 Å². The zero-order valence-electron chi connectivity index (χ0n) is 11.2. The molecule has 0 radical (unpaired) electrons. The average molecular weight is 306 g/mol. The Morgan fingerprint density at radius 3 is 2.56 bits per heavy atom. The molecule has 0 heterocycles. The highest BCUT2D eigenvalue weighted by Gasteiger charge is 2.10. The van der Waals surface area contributed by atoms with Crippen LogP contribution in [0.15, 0.2) is 18.2 Å². The second-order valence-electron chi connectivity index (χ2n) is 4.42. The number of halogens is 2. The summed E-state index contributed by atoms with van der Waals surface area (Å²) in [5, 5.41) is 5.53. The Bertz CT molecular complexity index is 371. The van der Waals surface area contributed by atoms with E-state index in [9.17, 15) is 0 Å². The number of nitrogens with one attached hydrogen (secondary N) is 1. The van der Waals surface area contributed by atoms with Gasteiger partial charge in [-0.1, -0.05) is 43.1 Å². The summed E-state index contributed by atoms with van der Waals surface area (Å²) in [7, 11) is 0. The molecule has 102 valence electrons. The predicted molar refractivity (Wildman–Crippen MR) is 85.1 cm³/mol. The molecule has 1 rings (SSSR count). The van der Waals surface area contributed by atoms with Crippen LogP contribution in [0.3, 0.4) is 0 Å². The van der Waals surface area contributed by atoms with Crippen molar-refractivity contribution in [3.63, 3.8) is 0 Å². The molecule has 1 N–H and O–H groups in total. The number of rotatable bonds is 7. The first-order valence-electron chi connectivity index (χ1n) is 6.29.